The monoisotopic (exact) mass is 452 g/mol. The molecule has 1 aliphatic carbocycles. The first kappa shape index (κ1) is 23.2. The van der Waals surface area contributed by atoms with E-state index in [4.69, 9.17) is 10.5 Å². The molecule has 0 bridgehead atoms. The number of aromatic nitrogens is 1. The van der Waals surface area contributed by atoms with Gasteiger partial charge in [0.15, 0.2) is 0 Å². The first-order valence-electron chi connectivity index (χ1n) is 9.91. The van der Waals surface area contributed by atoms with Crippen molar-refractivity contribution in [3.05, 3.63) is 36.5 Å². The molecular weight excluding hydrogens is 429 g/mol. The maximum atomic E-state index is 12.5. The summed E-state index contributed by atoms with van der Waals surface area (Å²) >= 11 is 0. The third kappa shape index (κ3) is 6.25. The second-order valence-corrected chi connectivity index (χ2v) is 7.41. The molecule has 0 unspecified atom stereocenters. The lowest BCUT2D eigenvalue weighted by Crippen LogP contribution is -2.30. The number of nitrogens with one attached hydrogen (secondary N) is 2. The number of carbonyl (C=O) groups is 2. The van der Waals surface area contributed by atoms with Gasteiger partial charge >= 0.3 is 12.3 Å². The Bertz CT molecular complexity index is 959. The van der Waals surface area contributed by atoms with E-state index in [1.165, 1.54) is 19.4 Å². The van der Waals surface area contributed by atoms with Crippen LogP contribution < -0.4 is 21.1 Å². The number of methoxy groups -OCH3 is 1. The number of nitrogens with zero attached hydrogens (tertiary/aromatic N) is 1. The van der Waals surface area contributed by atoms with Crippen molar-refractivity contribution in [2.24, 2.45) is 11.8 Å². The lowest BCUT2D eigenvalue weighted by atomic mass is 9.81. The van der Waals surface area contributed by atoms with Crippen LogP contribution in [0.15, 0.2) is 36.5 Å². The van der Waals surface area contributed by atoms with Gasteiger partial charge in [0.2, 0.25) is 5.91 Å². The van der Waals surface area contributed by atoms with Gasteiger partial charge in [-0.3, -0.25) is 9.59 Å². The van der Waals surface area contributed by atoms with Crippen LogP contribution in [0.3, 0.4) is 0 Å². The molecule has 1 saturated carbocycles. The summed E-state index contributed by atoms with van der Waals surface area (Å²) in [4.78, 5) is 28.2. The summed E-state index contributed by atoms with van der Waals surface area (Å²) in [5.41, 5.74) is 6.70. The van der Waals surface area contributed by atoms with Crippen LogP contribution in [0, 0.1) is 11.8 Å². The average Bonchev–Trinajstić information content (AvgIpc) is 2.76. The average molecular weight is 452 g/mol. The molecule has 11 heteroatoms. The maximum absolute atomic E-state index is 12.5. The Morgan fingerprint density at radius 2 is 1.78 bits per heavy atom. The van der Waals surface area contributed by atoms with Crippen molar-refractivity contribution < 1.29 is 32.2 Å². The van der Waals surface area contributed by atoms with E-state index in [0.29, 0.717) is 37.2 Å². The van der Waals surface area contributed by atoms with Crippen molar-refractivity contribution in [3.63, 3.8) is 0 Å². The van der Waals surface area contributed by atoms with Crippen LogP contribution in [0.2, 0.25) is 0 Å². The number of benzene rings is 1. The molecule has 1 aromatic heterocycles. The molecule has 0 radical (unpaired) electrons. The van der Waals surface area contributed by atoms with Crippen molar-refractivity contribution >= 4 is 34.8 Å². The summed E-state index contributed by atoms with van der Waals surface area (Å²) in [5.74, 6) is -0.884. The number of carbonyl (C=O) groups excluding carboxylic acids is 2. The van der Waals surface area contributed by atoms with Gasteiger partial charge in [-0.05, 0) is 49.9 Å². The van der Waals surface area contributed by atoms with E-state index in [9.17, 15) is 22.8 Å². The van der Waals surface area contributed by atoms with E-state index in [1.807, 2.05) is 0 Å². The highest BCUT2D eigenvalue weighted by Gasteiger charge is 2.32. The number of esters is 1. The van der Waals surface area contributed by atoms with E-state index >= 15 is 0 Å². The normalized spacial score (nSPS) is 18.5. The molecule has 1 fully saturated rings. The highest BCUT2D eigenvalue weighted by Crippen LogP contribution is 2.32. The van der Waals surface area contributed by atoms with Crippen LogP contribution in [-0.2, 0) is 14.3 Å². The van der Waals surface area contributed by atoms with Crippen LogP contribution >= 0.6 is 0 Å². The number of alkyl halides is 3. The number of hydrogen-bond donors (Lipinski definition) is 3. The number of amides is 1. The van der Waals surface area contributed by atoms with Gasteiger partial charge in [-0.2, -0.15) is 0 Å². The first-order valence-corrected chi connectivity index (χ1v) is 9.91. The summed E-state index contributed by atoms with van der Waals surface area (Å²) in [6, 6.07) is 6.70. The molecule has 0 atom stereocenters. The number of nitrogen functional groups attached to an aromatic ring is 1. The Kier molecular flexibility index (Phi) is 7.06. The molecule has 0 spiro atoms. The summed E-state index contributed by atoms with van der Waals surface area (Å²) in [6.07, 6.45) is -1.03. The van der Waals surface area contributed by atoms with Crippen molar-refractivity contribution in [1.82, 2.24) is 4.98 Å². The topological polar surface area (TPSA) is 116 Å². The SMILES string of the molecule is COC(=O)C1CCC(C(=O)Nc2ccc(Nc3cc(OC(F)(F)F)ccc3N)cn2)CC1. The zero-order valence-electron chi connectivity index (χ0n) is 17.2. The molecule has 172 valence electrons. The Morgan fingerprint density at radius 3 is 2.38 bits per heavy atom. The van der Waals surface area contributed by atoms with Crippen LogP contribution in [0.25, 0.3) is 0 Å². The number of halogens is 3. The fourth-order valence-electron chi connectivity index (χ4n) is 3.52. The highest BCUT2D eigenvalue weighted by molar-refractivity contribution is 5.92. The highest BCUT2D eigenvalue weighted by atomic mass is 19.4. The van der Waals surface area contributed by atoms with Crippen molar-refractivity contribution in [3.8, 4) is 5.75 Å². The standard InChI is InChI=1S/C21H23F3N4O4/c1-31-20(30)13-4-2-12(3-5-13)19(29)28-18-9-6-14(11-26-18)27-17-10-15(7-8-16(17)25)32-21(22,23)24/h6-13,27H,2-5,25H2,1H3,(H,26,28,29). The molecule has 1 aromatic carbocycles. The molecule has 1 aliphatic rings. The van der Waals surface area contributed by atoms with Crippen LogP contribution in [0.1, 0.15) is 25.7 Å². The largest absolute Gasteiger partial charge is 0.573 e. The van der Waals surface area contributed by atoms with Crippen molar-refractivity contribution in [2.45, 2.75) is 32.0 Å². The molecular formula is C21H23F3N4O4. The fraction of sp³-hybridized carbons (Fsp3) is 0.381. The molecule has 8 nitrogen and oxygen atoms in total. The van der Waals surface area contributed by atoms with Gasteiger partial charge in [0.05, 0.1) is 36.3 Å². The van der Waals surface area contributed by atoms with Crippen LogP contribution in [0.4, 0.5) is 36.1 Å². The number of ether oxygens (including phenoxy) is 2. The van der Waals surface area contributed by atoms with Gasteiger partial charge in [-0.1, -0.05) is 0 Å². The zero-order valence-corrected chi connectivity index (χ0v) is 17.2. The summed E-state index contributed by atoms with van der Waals surface area (Å²) < 4.78 is 45.9. The summed E-state index contributed by atoms with van der Waals surface area (Å²) in [5, 5.41) is 5.62. The van der Waals surface area contributed by atoms with Gasteiger partial charge in [0.1, 0.15) is 11.6 Å². The smallest absolute Gasteiger partial charge is 0.469 e. The van der Waals surface area contributed by atoms with Crippen molar-refractivity contribution in [1.29, 1.82) is 0 Å². The van der Waals surface area contributed by atoms with Gasteiger partial charge < -0.3 is 25.8 Å². The minimum absolute atomic E-state index is 0.167. The predicted molar refractivity (Wildman–Crippen MR) is 111 cm³/mol. The Labute approximate surface area is 182 Å². The van der Waals surface area contributed by atoms with Gasteiger partial charge in [-0.25, -0.2) is 4.98 Å². The molecule has 0 aliphatic heterocycles. The van der Waals surface area contributed by atoms with E-state index < -0.39 is 12.1 Å². The molecule has 1 heterocycles. The first-order chi connectivity index (χ1) is 15.1. The minimum Gasteiger partial charge on any atom is -0.469 e. The van der Waals surface area contributed by atoms with Gasteiger partial charge in [0, 0.05) is 12.0 Å². The summed E-state index contributed by atoms with van der Waals surface area (Å²) in [7, 11) is 1.35. The van der Waals surface area contributed by atoms with E-state index in [2.05, 4.69) is 20.4 Å². The van der Waals surface area contributed by atoms with Gasteiger partial charge in [0.25, 0.3) is 0 Å². The second-order valence-electron chi connectivity index (χ2n) is 7.41. The Hall–Kier alpha value is -3.50. The number of hydrogen-bond acceptors (Lipinski definition) is 7. The quantitative estimate of drug-likeness (QED) is 0.444. The molecule has 2 aromatic rings. The van der Waals surface area contributed by atoms with E-state index in [-0.39, 0.29) is 35.1 Å². The maximum Gasteiger partial charge on any atom is 0.573 e. The molecule has 32 heavy (non-hydrogen) atoms. The lowest BCUT2D eigenvalue weighted by Gasteiger charge is -2.25. The molecule has 1 amide bonds. The van der Waals surface area contributed by atoms with E-state index in [1.54, 1.807) is 12.1 Å². The Morgan fingerprint density at radius 1 is 1.09 bits per heavy atom. The number of rotatable bonds is 6. The van der Waals surface area contributed by atoms with E-state index in [0.717, 1.165) is 12.1 Å². The van der Waals surface area contributed by atoms with Crippen LogP contribution in [0.5, 0.6) is 5.75 Å². The Balaban J connectivity index is 1.57. The summed E-state index contributed by atoms with van der Waals surface area (Å²) in [6.45, 7) is 0. The van der Waals surface area contributed by atoms with Crippen LogP contribution in [-0.4, -0.2) is 30.3 Å². The molecule has 3 rings (SSSR count). The molecule has 0 saturated heterocycles. The number of anilines is 4. The zero-order chi connectivity index (χ0) is 23.3. The number of nitrogens with two attached hydrogens (primary N) is 1. The minimum atomic E-state index is -4.81. The van der Waals surface area contributed by atoms with Crippen molar-refractivity contribution in [2.75, 3.05) is 23.5 Å². The number of pyridine rings is 1. The lowest BCUT2D eigenvalue weighted by molar-refractivity contribution is -0.274. The second kappa shape index (κ2) is 9.75. The van der Waals surface area contributed by atoms with Gasteiger partial charge in [-0.15, -0.1) is 13.2 Å². The third-order valence-electron chi connectivity index (χ3n) is 5.18. The molecule has 4 N–H and O–H groups in total. The predicted octanol–water partition coefficient (Wildman–Crippen LogP) is 4.22. The fourth-order valence-corrected chi connectivity index (χ4v) is 3.52. The third-order valence-corrected chi connectivity index (χ3v) is 5.18.